The molecule has 2 rings (SSSR count). The largest absolute Gasteiger partial charge is 0.339 e. The molecule has 16 heavy (non-hydrogen) atoms. The molecule has 3 nitrogen and oxygen atoms in total. The molecular weight excluding hydrogens is 220 g/mol. The van der Waals surface area contributed by atoms with E-state index in [2.05, 4.69) is 4.90 Å². The topological polar surface area (TPSA) is 46.3 Å². The number of nitrogens with zero attached hydrogens (tertiary/aromatic N) is 1. The zero-order valence-corrected chi connectivity index (χ0v) is 10.7. The van der Waals surface area contributed by atoms with Crippen LogP contribution in [0.15, 0.2) is 0 Å². The van der Waals surface area contributed by atoms with E-state index in [4.69, 9.17) is 5.73 Å². The summed E-state index contributed by atoms with van der Waals surface area (Å²) in [6.45, 7) is 1.66. The van der Waals surface area contributed by atoms with Gasteiger partial charge in [0, 0.05) is 12.6 Å². The molecule has 2 N–H and O–H groups in total. The SMILES string of the molecule is NCCC1CCCCN1C(=O)C1CCCS1. The Morgan fingerprint density at radius 3 is 2.88 bits per heavy atom. The Morgan fingerprint density at radius 1 is 1.31 bits per heavy atom. The van der Waals surface area contributed by atoms with Crippen LogP contribution < -0.4 is 5.73 Å². The van der Waals surface area contributed by atoms with E-state index in [1.54, 1.807) is 0 Å². The molecule has 92 valence electrons. The Kier molecular flexibility index (Phi) is 4.53. The third-order valence-electron chi connectivity index (χ3n) is 3.62. The maximum absolute atomic E-state index is 12.3. The van der Waals surface area contributed by atoms with Crippen molar-refractivity contribution < 1.29 is 4.79 Å². The average Bonchev–Trinajstić information content (AvgIpc) is 2.83. The van der Waals surface area contributed by atoms with Crippen molar-refractivity contribution in [3.05, 3.63) is 0 Å². The van der Waals surface area contributed by atoms with Gasteiger partial charge in [-0.3, -0.25) is 4.79 Å². The molecule has 0 aromatic carbocycles. The first-order valence-corrected chi connectivity index (χ1v) is 7.50. The van der Waals surface area contributed by atoms with Crippen LogP contribution in [0.1, 0.15) is 38.5 Å². The van der Waals surface area contributed by atoms with Crippen molar-refractivity contribution in [1.82, 2.24) is 4.90 Å². The fourth-order valence-electron chi connectivity index (χ4n) is 2.74. The fraction of sp³-hybridized carbons (Fsp3) is 0.917. The molecule has 2 aliphatic heterocycles. The number of hydrogen-bond donors (Lipinski definition) is 1. The monoisotopic (exact) mass is 242 g/mol. The summed E-state index contributed by atoms with van der Waals surface area (Å²) in [7, 11) is 0. The molecule has 2 heterocycles. The summed E-state index contributed by atoms with van der Waals surface area (Å²) in [5.41, 5.74) is 5.63. The second-order valence-corrected chi connectivity index (χ2v) is 6.07. The Labute approximate surface area is 102 Å². The van der Waals surface area contributed by atoms with Crippen LogP contribution in [-0.2, 0) is 4.79 Å². The number of nitrogens with two attached hydrogens (primary N) is 1. The lowest BCUT2D eigenvalue weighted by molar-refractivity contribution is -0.134. The smallest absolute Gasteiger partial charge is 0.235 e. The maximum atomic E-state index is 12.3. The molecule has 2 fully saturated rings. The predicted molar refractivity (Wildman–Crippen MR) is 68.5 cm³/mol. The van der Waals surface area contributed by atoms with E-state index >= 15 is 0 Å². The Morgan fingerprint density at radius 2 is 2.19 bits per heavy atom. The number of thioether (sulfide) groups is 1. The number of carbonyl (C=O) groups excluding carboxylic acids is 1. The summed E-state index contributed by atoms with van der Waals surface area (Å²) in [5.74, 6) is 1.55. The second-order valence-electron chi connectivity index (χ2n) is 4.76. The summed E-state index contributed by atoms with van der Waals surface area (Å²) >= 11 is 1.84. The molecule has 4 heteroatoms. The molecule has 0 aliphatic carbocycles. The molecule has 2 aliphatic rings. The van der Waals surface area contributed by atoms with Crippen LogP contribution in [0.5, 0.6) is 0 Å². The summed E-state index contributed by atoms with van der Waals surface area (Å²) in [6, 6.07) is 0.424. The van der Waals surface area contributed by atoms with Crippen LogP contribution in [0, 0.1) is 0 Å². The van der Waals surface area contributed by atoms with Gasteiger partial charge in [0.05, 0.1) is 5.25 Å². The van der Waals surface area contributed by atoms with Crippen LogP contribution in [0.2, 0.25) is 0 Å². The lowest BCUT2D eigenvalue weighted by Gasteiger charge is -2.37. The molecule has 0 aromatic heterocycles. The number of carbonyl (C=O) groups is 1. The molecule has 0 spiro atoms. The fourth-order valence-corrected chi connectivity index (χ4v) is 3.97. The van der Waals surface area contributed by atoms with Crippen LogP contribution in [0.4, 0.5) is 0 Å². The van der Waals surface area contributed by atoms with E-state index in [1.165, 1.54) is 19.3 Å². The van der Waals surface area contributed by atoms with Crippen LogP contribution in [0.25, 0.3) is 0 Å². The minimum atomic E-state index is 0.248. The van der Waals surface area contributed by atoms with E-state index in [-0.39, 0.29) is 5.25 Å². The Balaban J connectivity index is 1.95. The van der Waals surface area contributed by atoms with Gasteiger partial charge in [0.25, 0.3) is 0 Å². The number of amides is 1. The van der Waals surface area contributed by atoms with Crippen molar-refractivity contribution in [3.63, 3.8) is 0 Å². The van der Waals surface area contributed by atoms with Gasteiger partial charge in [-0.2, -0.15) is 0 Å². The maximum Gasteiger partial charge on any atom is 0.235 e. The van der Waals surface area contributed by atoms with Crippen molar-refractivity contribution in [1.29, 1.82) is 0 Å². The highest BCUT2D eigenvalue weighted by atomic mass is 32.2. The first-order chi connectivity index (χ1) is 7.83. The van der Waals surface area contributed by atoms with E-state index in [1.807, 2.05) is 11.8 Å². The van der Waals surface area contributed by atoms with Gasteiger partial charge in [-0.15, -0.1) is 11.8 Å². The van der Waals surface area contributed by atoms with Crippen molar-refractivity contribution in [2.75, 3.05) is 18.8 Å². The van der Waals surface area contributed by atoms with Gasteiger partial charge in [-0.05, 0) is 50.8 Å². The van der Waals surface area contributed by atoms with Crippen molar-refractivity contribution in [3.8, 4) is 0 Å². The van der Waals surface area contributed by atoms with Crippen LogP contribution >= 0.6 is 11.8 Å². The van der Waals surface area contributed by atoms with Crippen LogP contribution in [-0.4, -0.2) is 40.9 Å². The first kappa shape index (κ1) is 12.2. The summed E-state index contributed by atoms with van der Waals surface area (Å²) in [4.78, 5) is 14.5. The summed E-state index contributed by atoms with van der Waals surface area (Å²) in [6.07, 6.45) is 6.84. The zero-order chi connectivity index (χ0) is 11.4. The standard InChI is InChI=1S/C12H22N2OS/c13-7-6-10-4-1-2-8-14(10)12(15)11-5-3-9-16-11/h10-11H,1-9,13H2. The molecule has 0 bridgehead atoms. The minimum Gasteiger partial charge on any atom is -0.339 e. The number of likely N-dealkylation sites (tertiary alicyclic amines) is 1. The van der Waals surface area contributed by atoms with Gasteiger partial charge in [0.2, 0.25) is 5.91 Å². The number of rotatable bonds is 3. The minimum absolute atomic E-state index is 0.248. The molecule has 2 saturated heterocycles. The highest BCUT2D eigenvalue weighted by Crippen LogP contribution is 2.30. The normalized spacial score (nSPS) is 30.7. The molecule has 1 amide bonds. The lowest BCUT2D eigenvalue weighted by atomic mass is 9.98. The zero-order valence-electron chi connectivity index (χ0n) is 9.86. The first-order valence-electron chi connectivity index (χ1n) is 6.45. The Hall–Kier alpha value is -0.220. The Bertz CT molecular complexity index is 239. The lowest BCUT2D eigenvalue weighted by Crippen LogP contribution is -2.47. The number of piperidine rings is 1. The van der Waals surface area contributed by atoms with Gasteiger partial charge >= 0.3 is 0 Å². The van der Waals surface area contributed by atoms with Gasteiger partial charge in [-0.1, -0.05) is 0 Å². The quantitative estimate of drug-likeness (QED) is 0.818. The van der Waals surface area contributed by atoms with Crippen molar-refractivity contribution in [2.45, 2.75) is 49.8 Å². The highest BCUT2D eigenvalue weighted by molar-refractivity contribution is 8.00. The van der Waals surface area contributed by atoms with Crippen molar-refractivity contribution >= 4 is 17.7 Å². The van der Waals surface area contributed by atoms with Gasteiger partial charge < -0.3 is 10.6 Å². The van der Waals surface area contributed by atoms with E-state index in [0.29, 0.717) is 18.5 Å². The third-order valence-corrected chi connectivity index (χ3v) is 4.98. The average molecular weight is 242 g/mol. The third kappa shape index (κ3) is 2.72. The van der Waals surface area contributed by atoms with Gasteiger partial charge in [0.15, 0.2) is 0 Å². The molecular formula is C12H22N2OS. The van der Waals surface area contributed by atoms with E-state index in [0.717, 1.165) is 31.6 Å². The molecule has 2 atom stereocenters. The van der Waals surface area contributed by atoms with E-state index < -0.39 is 0 Å². The van der Waals surface area contributed by atoms with E-state index in [9.17, 15) is 4.79 Å². The predicted octanol–water partition coefficient (Wildman–Crippen LogP) is 1.61. The highest BCUT2D eigenvalue weighted by Gasteiger charge is 2.32. The molecule has 2 unspecified atom stereocenters. The summed E-state index contributed by atoms with van der Waals surface area (Å²) in [5, 5.41) is 0.248. The van der Waals surface area contributed by atoms with Gasteiger partial charge in [0.1, 0.15) is 0 Å². The summed E-state index contributed by atoms with van der Waals surface area (Å²) < 4.78 is 0. The van der Waals surface area contributed by atoms with Crippen LogP contribution in [0.3, 0.4) is 0 Å². The molecule has 0 saturated carbocycles. The second kappa shape index (κ2) is 5.92. The number of hydrogen-bond acceptors (Lipinski definition) is 3. The van der Waals surface area contributed by atoms with Crippen molar-refractivity contribution in [2.24, 2.45) is 5.73 Å². The molecule has 0 aromatic rings. The molecule has 0 radical (unpaired) electrons. The van der Waals surface area contributed by atoms with Gasteiger partial charge in [-0.25, -0.2) is 0 Å².